The van der Waals surface area contributed by atoms with E-state index in [0.717, 1.165) is 88.6 Å². The summed E-state index contributed by atoms with van der Waals surface area (Å²) in [6.45, 7) is 0. The standard InChI is InChI=1S/2C49H30N4.C38H23N3/c1-3-14-31(15-4-1)47-50-48(32-16-5-2-6-17-32)52-49(51-47)40-26-27-44(38-23-12-11-22-37(38)40)53-30-43-42-29-34-19-8-7-18-33(34)28-41(42)36-21-10-9-20-35(36)39-24-13-25-45(53)46(39)43;1-2-12-32(13-3-1)47-50-48(52-49(51-47)37-22-21-31-11-4-5-14-34(31)27-37)33-23-25-38(26-24-33)53-30-44-43-29-36-16-7-6-15-35(36)28-42(43)40-18-9-8-17-39(40)41-19-10-20-45(53)46(41)44;1-2-11-24(12-3-1)37-30-17-8-9-19-34(30)39-38(40-37)41-23-33-32-22-26-14-5-4-13-25(26)21-31(32)28-16-7-6-15-27(28)29-18-10-20-35(41)36(29)33/h2*1-30H;1-23H. The van der Waals surface area contributed by atoms with Crippen LogP contribution < -0.4 is 0 Å². The Morgan fingerprint density at radius 2 is 0.456 bits per heavy atom. The van der Waals surface area contributed by atoms with Gasteiger partial charge in [0.1, 0.15) is 0 Å². The number of rotatable bonds is 10. The third kappa shape index (κ3) is 14.3. The molecule has 6 aromatic heterocycles. The van der Waals surface area contributed by atoms with Gasteiger partial charge in [0.15, 0.2) is 34.9 Å². The van der Waals surface area contributed by atoms with Crippen molar-refractivity contribution in [3.63, 3.8) is 0 Å². The molecule has 0 amide bonds. The third-order valence-electron chi connectivity index (χ3n) is 29.6. The summed E-state index contributed by atoms with van der Waals surface area (Å²) < 4.78 is 6.89. The maximum atomic E-state index is 5.21. The summed E-state index contributed by atoms with van der Waals surface area (Å²) in [4.78, 5) is 40.5. The summed E-state index contributed by atoms with van der Waals surface area (Å²) >= 11 is 0. The first kappa shape index (κ1) is 84.0. The number of benzene rings is 22. The molecule has 0 N–H and O–H groups in total. The van der Waals surface area contributed by atoms with Crippen LogP contribution in [0.2, 0.25) is 0 Å². The van der Waals surface area contributed by atoms with E-state index in [1.807, 2.05) is 103 Å². The van der Waals surface area contributed by atoms with Crippen LogP contribution >= 0.6 is 0 Å². The molecule has 3 aliphatic rings. The van der Waals surface area contributed by atoms with E-state index in [1.54, 1.807) is 0 Å². The molecule has 682 valence electrons. The number of fused-ring (bicyclic) bond motifs is 21. The van der Waals surface area contributed by atoms with E-state index >= 15 is 0 Å². The fourth-order valence-electron chi connectivity index (χ4n) is 22.7. The molecule has 22 aromatic carbocycles. The molecule has 0 bridgehead atoms. The second kappa shape index (κ2) is 34.5. The van der Waals surface area contributed by atoms with Crippen LogP contribution in [0.5, 0.6) is 0 Å². The molecular formula is C136H83N11. The molecule has 0 aliphatic heterocycles. The Morgan fingerprint density at radius 3 is 0.898 bits per heavy atom. The van der Waals surface area contributed by atoms with Crippen molar-refractivity contribution in [2.75, 3.05) is 0 Å². The topological polar surface area (TPSA) is 118 Å². The predicted octanol–water partition coefficient (Wildman–Crippen LogP) is 34.6. The summed E-state index contributed by atoms with van der Waals surface area (Å²) in [6, 6.07) is 172. The summed E-state index contributed by atoms with van der Waals surface area (Å²) in [5.74, 6) is 4.56. The van der Waals surface area contributed by atoms with E-state index in [9.17, 15) is 0 Å². The van der Waals surface area contributed by atoms with Crippen molar-refractivity contribution >= 4 is 97.5 Å². The van der Waals surface area contributed by atoms with Gasteiger partial charge in [-0.2, -0.15) is 0 Å². The van der Waals surface area contributed by atoms with Crippen LogP contribution in [0.15, 0.2) is 504 Å². The van der Waals surface area contributed by atoms with Gasteiger partial charge < -0.3 is 9.13 Å². The van der Waals surface area contributed by atoms with Crippen molar-refractivity contribution < 1.29 is 0 Å². The molecule has 6 heterocycles. The predicted molar refractivity (Wildman–Crippen MR) is 605 cm³/mol. The first-order valence-electron chi connectivity index (χ1n) is 49.8. The fraction of sp³-hybridized carbons (Fsp3) is 0. The molecule has 0 spiro atoms. The molecule has 3 aliphatic carbocycles. The molecule has 0 radical (unpaired) electrons. The highest BCUT2D eigenvalue weighted by atomic mass is 15.2. The monoisotopic (exact) mass is 1870 g/mol. The Morgan fingerprint density at radius 1 is 0.150 bits per heavy atom. The van der Waals surface area contributed by atoms with Gasteiger partial charge in [-0.1, -0.05) is 382 Å². The molecule has 0 saturated heterocycles. The molecule has 28 aromatic rings. The van der Waals surface area contributed by atoms with Crippen molar-refractivity contribution in [2.45, 2.75) is 0 Å². The van der Waals surface area contributed by atoms with Crippen LogP contribution in [0.4, 0.5) is 0 Å². The number of aromatic nitrogens is 11. The summed E-state index contributed by atoms with van der Waals surface area (Å²) in [7, 11) is 0. The zero-order chi connectivity index (χ0) is 96.7. The normalized spacial score (nSPS) is 11.8. The molecule has 11 heteroatoms. The minimum absolute atomic E-state index is 0.640. The molecule has 0 saturated carbocycles. The highest BCUT2D eigenvalue weighted by molar-refractivity contribution is 6.20. The molecule has 0 fully saturated rings. The first-order chi connectivity index (χ1) is 72.9. The zero-order valence-electron chi connectivity index (χ0n) is 79.3. The van der Waals surface area contributed by atoms with Gasteiger partial charge in [-0.05, 0) is 235 Å². The van der Waals surface area contributed by atoms with E-state index in [1.165, 1.54) is 165 Å². The van der Waals surface area contributed by atoms with Crippen molar-refractivity contribution in [1.29, 1.82) is 0 Å². The van der Waals surface area contributed by atoms with E-state index in [4.69, 9.17) is 39.9 Å². The van der Waals surface area contributed by atoms with Crippen molar-refractivity contribution in [2.24, 2.45) is 0 Å². The van der Waals surface area contributed by atoms with Crippen molar-refractivity contribution in [3.05, 3.63) is 504 Å². The lowest BCUT2D eigenvalue weighted by molar-refractivity contribution is 0.985. The molecule has 147 heavy (non-hydrogen) atoms. The molecule has 0 atom stereocenters. The van der Waals surface area contributed by atoms with Gasteiger partial charge in [-0.15, -0.1) is 0 Å². The Balaban J connectivity index is 0.000000105. The van der Waals surface area contributed by atoms with Gasteiger partial charge in [-0.3, -0.25) is 4.57 Å². The Kier molecular flexibility index (Phi) is 19.7. The van der Waals surface area contributed by atoms with Gasteiger partial charge in [-0.25, -0.2) is 39.9 Å². The van der Waals surface area contributed by atoms with Crippen LogP contribution in [-0.2, 0) is 0 Å². The van der Waals surface area contributed by atoms with Crippen LogP contribution in [0, 0.1) is 0 Å². The summed E-state index contributed by atoms with van der Waals surface area (Å²) in [5.41, 5.74) is 36.7. The zero-order valence-corrected chi connectivity index (χ0v) is 79.3. The van der Waals surface area contributed by atoms with Crippen LogP contribution in [0.1, 0.15) is 0 Å². The maximum Gasteiger partial charge on any atom is 0.235 e. The fourth-order valence-corrected chi connectivity index (χ4v) is 22.7. The number of para-hydroxylation sites is 1. The lowest BCUT2D eigenvalue weighted by atomic mass is 9.91. The lowest BCUT2D eigenvalue weighted by Gasteiger charge is -2.15. The summed E-state index contributed by atoms with van der Waals surface area (Å²) in [6.07, 6.45) is 6.91. The largest absolute Gasteiger partial charge is 0.316 e. The number of nitrogens with zero attached hydrogens (tertiary/aromatic N) is 11. The minimum atomic E-state index is 0.640. The third-order valence-corrected chi connectivity index (χ3v) is 29.6. The average molecular weight is 1870 g/mol. The van der Waals surface area contributed by atoms with Crippen LogP contribution in [-0.4, -0.2) is 53.6 Å². The van der Waals surface area contributed by atoms with Gasteiger partial charge in [0, 0.05) is 107 Å². The van der Waals surface area contributed by atoms with Gasteiger partial charge in [0.05, 0.1) is 33.4 Å². The van der Waals surface area contributed by atoms with E-state index in [2.05, 4.69) is 414 Å². The van der Waals surface area contributed by atoms with Crippen LogP contribution in [0.3, 0.4) is 0 Å². The van der Waals surface area contributed by atoms with Gasteiger partial charge >= 0.3 is 0 Å². The first-order valence-corrected chi connectivity index (χ1v) is 49.8. The lowest BCUT2D eigenvalue weighted by Crippen LogP contribution is -2.02. The molecule has 31 rings (SSSR count). The highest BCUT2D eigenvalue weighted by Crippen LogP contribution is 2.55. The second-order valence-corrected chi connectivity index (χ2v) is 38.0. The second-order valence-electron chi connectivity index (χ2n) is 38.0. The van der Waals surface area contributed by atoms with Gasteiger partial charge in [0.25, 0.3) is 0 Å². The highest BCUT2D eigenvalue weighted by Gasteiger charge is 2.32. The number of hydrogen-bond acceptors (Lipinski definition) is 8. The quantitative estimate of drug-likeness (QED) is 0.133. The average Bonchev–Trinajstić information content (AvgIpc) is 1.57. The van der Waals surface area contributed by atoms with E-state index < -0.39 is 0 Å². The molecular weight excluding hydrogens is 1790 g/mol. The molecule has 11 nitrogen and oxygen atoms in total. The SMILES string of the molecule is c1ccc(-c2nc(-c3ccc(-n4cc5c6c(cccc64)-c4ccccc4-c4cc6ccccc6cc4-5)cc3)nc(-c3ccc4ccccc4c3)n2)cc1.c1ccc(-c2nc(-c3ccccc3)nc(-c3ccc(-n4cc5c6c(cccc64)-c4ccccc4-c4cc6ccccc6cc4-5)c4ccccc34)n2)cc1.c1ccc(-c2nc(-n3cc4c5c(cccc53)-c3ccccc3-c3cc5ccccc5cc3-4)nc3ccccc23)cc1. The maximum absolute atomic E-state index is 5.21. The Hall–Kier alpha value is -19.9. The van der Waals surface area contributed by atoms with Gasteiger partial charge in [0.2, 0.25) is 5.95 Å². The smallest absolute Gasteiger partial charge is 0.235 e. The Bertz CT molecular complexity index is 10200. The van der Waals surface area contributed by atoms with Crippen molar-refractivity contribution in [1.82, 2.24) is 53.6 Å². The summed E-state index contributed by atoms with van der Waals surface area (Å²) in [5, 5.41) is 16.8. The Labute approximate surface area is 846 Å². The van der Waals surface area contributed by atoms with E-state index in [0.29, 0.717) is 40.9 Å². The van der Waals surface area contributed by atoms with Crippen LogP contribution in [0.25, 0.3) is 295 Å². The van der Waals surface area contributed by atoms with E-state index in [-0.39, 0.29) is 0 Å². The number of hydrogen-bond donors (Lipinski definition) is 0. The van der Waals surface area contributed by atoms with Crippen molar-refractivity contribution in [3.8, 4) is 197 Å². The molecule has 0 unspecified atom stereocenters. The minimum Gasteiger partial charge on any atom is -0.316 e.